The predicted octanol–water partition coefficient (Wildman–Crippen LogP) is 3.77. The van der Waals surface area contributed by atoms with Gasteiger partial charge in [-0.2, -0.15) is 4.31 Å². The molecule has 0 amide bonds. The zero-order valence-electron chi connectivity index (χ0n) is 12.1. The van der Waals surface area contributed by atoms with E-state index in [0.29, 0.717) is 10.9 Å². The van der Waals surface area contributed by atoms with E-state index in [9.17, 15) is 8.42 Å². The highest BCUT2D eigenvalue weighted by Gasteiger charge is 2.35. The summed E-state index contributed by atoms with van der Waals surface area (Å²) < 4.78 is 27.1. The maximum Gasteiger partial charge on any atom is 0.246 e. The third-order valence-electron chi connectivity index (χ3n) is 4.21. The number of benzene rings is 1. The maximum absolute atomic E-state index is 12.8. The van der Waals surface area contributed by atoms with Crippen molar-refractivity contribution >= 4 is 38.9 Å². The van der Waals surface area contributed by atoms with E-state index >= 15 is 0 Å². The summed E-state index contributed by atoms with van der Waals surface area (Å²) in [6, 6.07) is 2.80. The fraction of sp³-hybridized carbons (Fsp3) is 0.571. The number of halogens is 2. The minimum Gasteiger partial charge on any atom is -0.398 e. The lowest BCUT2D eigenvalue weighted by atomic mass is 9.86. The Morgan fingerprint density at radius 3 is 2.43 bits per heavy atom. The molecule has 0 aliphatic heterocycles. The molecule has 2 unspecified atom stereocenters. The maximum atomic E-state index is 12.8. The van der Waals surface area contributed by atoms with Crippen molar-refractivity contribution in [3.05, 3.63) is 22.2 Å². The standard InChI is InChI=1S/C14H20Cl2N2O2S/c1-9-5-3-4-6-13(9)18(2)21(19,20)14-11(16)7-10(15)8-12(14)17/h7-9,13H,3-6,17H2,1-2H3. The predicted molar refractivity (Wildman–Crippen MR) is 87.2 cm³/mol. The van der Waals surface area contributed by atoms with Gasteiger partial charge in [0, 0.05) is 18.1 Å². The van der Waals surface area contributed by atoms with Gasteiger partial charge in [-0.15, -0.1) is 0 Å². The number of nitrogens with zero attached hydrogens (tertiary/aromatic N) is 1. The molecular formula is C14H20Cl2N2O2S. The van der Waals surface area contributed by atoms with Gasteiger partial charge in [0.1, 0.15) is 4.90 Å². The number of rotatable bonds is 3. The van der Waals surface area contributed by atoms with E-state index in [1.54, 1.807) is 7.05 Å². The van der Waals surface area contributed by atoms with Crippen LogP contribution in [0.25, 0.3) is 0 Å². The third-order valence-corrected chi connectivity index (χ3v) is 6.84. The molecule has 2 rings (SSSR count). The van der Waals surface area contributed by atoms with E-state index in [0.717, 1.165) is 25.7 Å². The van der Waals surface area contributed by atoms with E-state index in [2.05, 4.69) is 6.92 Å². The van der Waals surface area contributed by atoms with Crippen molar-refractivity contribution in [2.75, 3.05) is 12.8 Å². The lowest BCUT2D eigenvalue weighted by molar-refractivity contribution is 0.213. The van der Waals surface area contributed by atoms with Gasteiger partial charge in [-0.1, -0.05) is 43.0 Å². The normalized spacial score (nSPS) is 23.5. The van der Waals surface area contributed by atoms with Crippen LogP contribution in [-0.2, 0) is 10.0 Å². The first-order chi connectivity index (χ1) is 9.75. The van der Waals surface area contributed by atoms with Crippen LogP contribution in [0.3, 0.4) is 0 Å². The molecular weight excluding hydrogens is 331 g/mol. The van der Waals surface area contributed by atoms with E-state index < -0.39 is 10.0 Å². The molecule has 1 fully saturated rings. The van der Waals surface area contributed by atoms with Crippen LogP contribution in [0.1, 0.15) is 32.6 Å². The summed E-state index contributed by atoms with van der Waals surface area (Å²) in [6.45, 7) is 2.09. The van der Waals surface area contributed by atoms with Crippen LogP contribution in [0.2, 0.25) is 10.0 Å². The number of nitrogen functional groups attached to an aromatic ring is 1. The Balaban J connectivity index is 2.42. The molecule has 1 saturated carbocycles. The highest BCUT2D eigenvalue weighted by Crippen LogP contribution is 2.36. The Kier molecular flexibility index (Phi) is 5.08. The van der Waals surface area contributed by atoms with Crippen LogP contribution in [0.4, 0.5) is 5.69 Å². The Bertz CT molecular complexity index is 611. The van der Waals surface area contributed by atoms with Gasteiger partial charge in [0.25, 0.3) is 0 Å². The van der Waals surface area contributed by atoms with Gasteiger partial charge in [0.05, 0.1) is 10.7 Å². The van der Waals surface area contributed by atoms with E-state index in [1.165, 1.54) is 16.4 Å². The number of hydrogen-bond donors (Lipinski definition) is 1. The molecule has 2 atom stereocenters. The molecule has 0 radical (unpaired) electrons. The summed E-state index contributed by atoms with van der Waals surface area (Å²) in [5.74, 6) is 0.325. The van der Waals surface area contributed by atoms with Crippen LogP contribution in [0.5, 0.6) is 0 Å². The van der Waals surface area contributed by atoms with Gasteiger partial charge in [0.2, 0.25) is 10.0 Å². The molecule has 0 saturated heterocycles. The average Bonchev–Trinajstić information content (AvgIpc) is 2.36. The molecule has 118 valence electrons. The summed E-state index contributed by atoms with van der Waals surface area (Å²) in [7, 11) is -2.13. The van der Waals surface area contributed by atoms with Crippen LogP contribution in [0.15, 0.2) is 17.0 Å². The number of anilines is 1. The summed E-state index contributed by atoms with van der Waals surface area (Å²) in [4.78, 5) is -0.0474. The Labute approximate surface area is 136 Å². The Hall–Kier alpha value is -0.490. The van der Waals surface area contributed by atoms with E-state index in [1.807, 2.05) is 0 Å². The van der Waals surface area contributed by atoms with Crippen LogP contribution in [0, 0.1) is 5.92 Å². The molecule has 0 heterocycles. The average molecular weight is 351 g/mol. The van der Waals surface area contributed by atoms with Crippen molar-refractivity contribution in [2.24, 2.45) is 5.92 Å². The molecule has 1 aromatic carbocycles. The zero-order valence-corrected chi connectivity index (χ0v) is 14.5. The number of nitrogens with two attached hydrogens (primary N) is 1. The minimum absolute atomic E-state index is 0.0186. The van der Waals surface area contributed by atoms with Crippen LogP contribution >= 0.6 is 23.2 Å². The second kappa shape index (κ2) is 6.32. The third kappa shape index (κ3) is 3.31. The molecule has 1 aliphatic carbocycles. The summed E-state index contributed by atoms with van der Waals surface area (Å²) in [6.07, 6.45) is 4.09. The Morgan fingerprint density at radius 2 is 1.86 bits per heavy atom. The van der Waals surface area contributed by atoms with Crippen molar-refractivity contribution in [1.82, 2.24) is 4.31 Å². The molecule has 0 aromatic heterocycles. The van der Waals surface area contributed by atoms with Crippen LogP contribution < -0.4 is 5.73 Å². The topological polar surface area (TPSA) is 63.4 Å². The van der Waals surface area contributed by atoms with Crippen molar-refractivity contribution in [3.63, 3.8) is 0 Å². The first kappa shape index (κ1) is 16.9. The van der Waals surface area contributed by atoms with E-state index in [4.69, 9.17) is 28.9 Å². The highest BCUT2D eigenvalue weighted by molar-refractivity contribution is 7.89. The Morgan fingerprint density at radius 1 is 1.24 bits per heavy atom. The van der Waals surface area contributed by atoms with Gasteiger partial charge in [-0.25, -0.2) is 8.42 Å². The lowest BCUT2D eigenvalue weighted by Crippen LogP contribution is -2.42. The molecule has 2 N–H and O–H groups in total. The molecule has 7 heteroatoms. The van der Waals surface area contributed by atoms with Gasteiger partial charge in [-0.05, 0) is 30.9 Å². The molecule has 0 spiro atoms. The van der Waals surface area contributed by atoms with Crippen molar-refractivity contribution in [1.29, 1.82) is 0 Å². The summed E-state index contributed by atoms with van der Waals surface area (Å²) in [5, 5.41) is 0.389. The largest absolute Gasteiger partial charge is 0.398 e. The van der Waals surface area contributed by atoms with Crippen molar-refractivity contribution in [2.45, 2.75) is 43.5 Å². The fourth-order valence-electron chi connectivity index (χ4n) is 3.01. The number of hydrogen-bond acceptors (Lipinski definition) is 3. The monoisotopic (exact) mass is 350 g/mol. The highest BCUT2D eigenvalue weighted by atomic mass is 35.5. The number of sulfonamides is 1. The molecule has 4 nitrogen and oxygen atoms in total. The molecule has 0 bridgehead atoms. The molecule has 21 heavy (non-hydrogen) atoms. The zero-order chi connectivity index (χ0) is 15.8. The molecule has 1 aromatic rings. The first-order valence-corrected chi connectivity index (χ1v) is 9.17. The van der Waals surface area contributed by atoms with Gasteiger partial charge in [0.15, 0.2) is 0 Å². The quantitative estimate of drug-likeness (QED) is 0.843. The van der Waals surface area contributed by atoms with Crippen molar-refractivity contribution in [3.8, 4) is 0 Å². The fourth-order valence-corrected chi connectivity index (χ4v) is 5.43. The lowest BCUT2D eigenvalue weighted by Gasteiger charge is -2.35. The SMILES string of the molecule is CC1CCCCC1N(C)S(=O)(=O)c1c(N)cc(Cl)cc1Cl. The van der Waals surface area contributed by atoms with E-state index in [-0.39, 0.29) is 21.6 Å². The summed E-state index contributed by atoms with van der Waals surface area (Å²) in [5.41, 5.74) is 5.92. The van der Waals surface area contributed by atoms with Gasteiger partial charge in [-0.3, -0.25) is 0 Å². The van der Waals surface area contributed by atoms with Gasteiger partial charge >= 0.3 is 0 Å². The van der Waals surface area contributed by atoms with Crippen molar-refractivity contribution < 1.29 is 8.42 Å². The van der Waals surface area contributed by atoms with Crippen LogP contribution in [-0.4, -0.2) is 25.8 Å². The minimum atomic E-state index is -3.73. The summed E-state index contributed by atoms with van der Waals surface area (Å²) >= 11 is 11.9. The first-order valence-electron chi connectivity index (χ1n) is 6.97. The second-order valence-electron chi connectivity index (χ2n) is 5.66. The van der Waals surface area contributed by atoms with Gasteiger partial charge < -0.3 is 5.73 Å². The second-order valence-corrected chi connectivity index (χ2v) is 8.43. The molecule has 1 aliphatic rings. The smallest absolute Gasteiger partial charge is 0.246 e.